The number of allylic oxidation sites excluding steroid dienone is 1. The van der Waals surface area contributed by atoms with Crippen molar-refractivity contribution in [3.05, 3.63) is 12.2 Å². The predicted molar refractivity (Wildman–Crippen MR) is 34.3 cm³/mol. The Morgan fingerprint density at radius 1 is 1.62 bits per heavy atom. The summed E-state index contributed by atoms with van der Waals surface area (Å²) >= 11 is 0. The molecule has 0 fully saturated rings. The predicted octanol–water partition coefficient (Wildman–Crippen LogP) is 1.11. The number of hydrogen-bond donors (Lipinski definition) is 2. The molecule has 1 unspecified atom stereocenters. The molecular weight excluding hydrogens is 126 g/mol. The minimum absolute atomic E-state index is 0. The molecule has 8 heavy (non-hydrogen) atoms. The lowest BCUT2D eigenvalue weighted by Crippen LogP contribution is -2.20. The van der Waals surface area contributed by atoms with E-state index in [1.54, 1.807) is 0 Å². The molecule has 0 aliphatic heterocycles. The summed E-state index contributed by atoms with van der Waals surface area (Å²) in [7, 11) is 0. The minimum Gasteiger partial charge on any atom is -0.316 e. The average Bonchev–Trinajstić information content (AvgIpc) is 2.14. The number of rotatable bonds is 1. The molecule has 0 saturated heterocycles. The van der Waals surface area contributed by atoms with E-state index in [0.717, 1.165) is 12.8 Å². The van der Waals surface area contributed by atoms with Crippen LogP contribution in [0.25, 0.3) is 0 Å². The van der Waals surface area contributed by atoms with Crippen molar-refractivity contribution in [2.45, 2.75) is 18.9 Å². The molecular formula is C5H10ClNO. The van der Waals surface area contributed by atoms with E-state index >= 15 is 0 Å². The van der Waals surface area contributed by atoms with Crippen molar-refractivity contribution in [2.24, 2.45) is 0 Å². The van der Waals surface area contributed by atoms with Gasteiger partial charge in [0.1, 0.15) is 0 Å². The van der Waals surface area contributed by atoms with Crippen LogP contribution < -0.4 is 5.48 Å². The van der Waals surface area contributed by atoms with Crippen molar-refractivity contribution < 1.29 is 5.21 Å². The van der Waals surface area contributed by atoms with Crippen LogP contribution in [0, 0.1) is 0 Å². The Hall–Kier alpha value is -0.0500. The van der Waals surface area contributed by atoms with Crippen LogP contribution >= 0.6 is 12.4 Å². The van der Waals surface area contributed by atoms with Gasteiger partial charge in [-0.05, 0) is 12.8 Å². The Kier molecular flexibility index (Phi) is 3.87. The Balaban J connectivity index is 0.000000490. The lowest BCUT2D eigenvalue weighted by molar-refractivity contribution is 0.143. The molecule has 3 heteroatoms. The first-order valence-electron chi connectivity index (χ1n) is 2.50. The molecule has 0 saturated carbocycles. The summed E-state index contributed by atoms with van der Waals surface area (Å²) in [6.07, 6.45) is 6.17. The van der Waals surface area contributed by atoms with Crippen molar-refractivity contribution in [3.8, 4) is 0 Å². The molecule has 2 N–H and O–H groups in total. The van der Waals surface area contributed by atoms with Crippen molar-refractivity contribution in [2.75, 3.05) is 0 Å². The monoisotopic (exact) mass is 135 g/mol. The standard InChI is InChI=1S/C5H9NO.ClH/c7-6-5-3-1-2-4-5;/h1,3,5-7H,2,4H2;1H. The van der Waals surface area contributed by atoms with E-state index in [9.17, 15) is 0 Å². The van der Waals surface area contributed by atoms with Crippen molar-refractivity contribution >= 4 is 12.4 Å². The minimum atomic E-state index is 0. The molecule has 0 radical (unpaired) electrons. The zero-order valence-electron chi connectivity index (χ0n) is 4.50. The van der Waals surface area contributed by atoms with Gasteiger partial charge in [0.15, 0.2) is 0 Å². The summed E-state index contributed by atoms with van der Waals surface area (Å²) in [4.78, 5) is 0. The summed E-state index contributed by atoms with van der Waals surface area (Å²) in [6.45, 7) is 0. The molecule has 2 nitrogen and oxygen atoms in total. The van der Waals surface area contributed by atoms with Gasteiger partial charge in [-0.25, -0.2) is 0 Å². The van der Waals surface area contributed by atoms with E-state index in [1.807, 2.05) is 6.08 Å². The zero-order chi connectivity index (χ0) is 5.11. The van der Waals surface area contributed by atoms with Gasteiger partial charge < -0.3 is 5.21 Å². The van der Waals surface area contributed by atoms with Crippen LogP contribution in [-0.2, 0) is 0 Å². The topological polar surface area (TPSA) is 32.3 Å². The second-order valence-corrected chi connectivity index (χ2v) is 1.74. The van der Waals surface area contributed by atoms with Gasteiger partial charge >= 0.3 is 0 Å². The highest BCUT2D eigenvalue weighted by Gasteiger charge is 2.04. The van der Waals surface area contributed by atoms with Crippen LogP contribution in [0.5, 0.6) is 0 Å². The molecule has 1 aliphatic rings. The van der Waals surface area contributed by atoms with Crippen LogP contribution in [0.1, 0.15) is 12.8 Å². The van der Waals surface area contributed by atoms with Gasteiger partial charge in [-0.3, -0.25) is 0 Å². The van der Waals surface area contributed by atoms with Crippen LogP contribution in [0.3, 0.4) is 0 Å². The smallest absolute Gasteiger partial charge is 0.0502 e. The van der Waals surface area contributed by atoms with Gasteiger partial charge in [-0.1, -0.05) is 12.2 Å². The second-order valence-electron chi connectivity index (χ2n) is 1.74. The average molecular weight is 136 g/mol. The Morgan fingerprint density at radius 2 is 2.38 bits per heavy atom. The number of halogens is 1. The summed E-state index contributed by atoms with van der Waals surface area (Å²) < 4.78 is 0. The second kappa shape index (κ2) is 3.89. The Labute approximate surface area is 55.0 Å². The van der Waals surface area contributed by atoms with Crippen molar-refractivity contribution in [1.82, 2.24) is 5.48 Å². The molecule has 1 aliphatic carbocycles. The van der Waals surface area contributed by atoms with Gasteiger partial charge in [0, 0.05) is 0 Å². The molecule has 0 spiro atoms. The third-order valence-corrected chi connectivity index (χ3v) is 1.18. The quantitative estimate of drug-likeness (QED) is 0.417. The fraction of sp³-hybridized carbons (Fsp3) is 0.600. The van der Waals surface area contributed by atoms with E-state index < -0.39 is 0 Å². The molecule has 0 aromatic carbocycles. The first-order chi connectivity index (χ1) is 3.43. The molecule has 0 aromatic heterocycles. The first kappa shape index (κ1) is 7.95. The van der Waals surface area contributed by atoms with Crippen LogP contribution in [0.15, 0.2) is 12.2 Å². The largest absolute Gasteiger partial charge is 0.316 e. The van der Waals surface area contributed by atoms with E-state index in [1.165, 1.54) is 0 Å². The third kappa shape index (κ3) is 1.82. The molecule has 0 heterocycles. The molecule has 0 amide bonds. The highest BCUT2D eigenvalue weighted by atomic mass is 35.5. The van der Waals surface area contributed by atoms with Crippen molar-refractivity contribution in [1.29, 1.82) is 0 Å². The molecule has 1 rings (SSSR count). The van der Waals surface area contributed by atoms with Gasteiger partial charge in [0.05, 0.1) is 6.04 Å². The summed E-state index contributed by atoms with van der Waals surface area (Å²) in [5, 5.41) is 8.26. The fourth-order valence-corrected chi connectivity index (χ4v) is 0.740. The first-order valence-corrected chi connectivity index (χ1v) is 2.50. The number of nitrogens with one attached hydrogen (secondary N) is 1. The van der Waals surface area contributed by atoms with Gasteiger partial charge in [-0.15, -0.1) is 12.4 Å². The number of hydrogen-bond acceptors (Lipinski definition) is 2. The maximum atomic E-state index is 8.26. The van der Waals surface area contributed by atoms with Crippen LogP contribution in [-0.4, -0.2) is 11.2 Å². The summed E-state index contributed by atoms with van der Waals surface area (Å²) in [6, 6.07) is 0.222. The van der Waals surface area contributed by atoms with Gasteiger partial charge in [0.2, 0.25) is 0 Å². The highest BCUT2D eigenvalue weighted by molar-refractivity contribution is 5.85. The fourth-order valence-electron chi connectivity index (χ4n) is 0.740. The lowest BCUT2D eigenvalue weighted by atomic mass is 10.3. The maximum Gasteiger partial charge on any atom is 0.0502 e. The lowest BCUT2D eigenvalue weighted by Gasteiger charge is -1.99. The van der Waals surface area contributed by atoms with Gasteiger partial charge in [-0.2, -0.15) is 5.48 Å². The highest BCUT2D eigenvalue weighted by Crippen LogP contribution is 2.06. The molecule has 0 bridgehead atoms. The van der Waals surface area contributed by atoms with Crippen LogP contribution in [0.4, 0.5) is 0 Å². The van der Waals surface area contributed by atoms with Crippen molar-refractivity contribution in [3.63, 3.8) is 0 Å². The SMILES string of the molecule is Cl.ONC1C=CCC1. The van der Waals surface area contributed by atoms with E-state index in [0.29, 0.717) is 0 Å². The van der Waals surface area contributed by atoms with Crippen LogP contribution in [0.2, 0.25) is 0 Å². The molecule has 1 atom stereocenters. The molecule has 48 valence electrons. The summed E-state index contributed by atoms with van der Waals surface area (Å²) in [5.41, 5.74) is 2.18. The van der Waals surface area contributed by atoms with E-state index in [-0.39, 0.29) is 18.4 Å². The summed E-state index contributed by atoms with van der Waals surface area (Å²) in [5.74, 6) is 0. The third-order valence-electron chi connectivity index (χ3n) is 1.18. The van der Waals surface area contributed by atoms with E-state index in [2.05, 4.69) is 11.6 Å². The Bertz CT molecular complexity index is 84.5. The normalized spacial score (nSPS) is 25.4. The molecule has 0 aromatic rings. The zero-order valence-corrected chi connectivity index (χ0v) is 5.32. The van der Waals surface area contributed by atoms with Gasteiger partial charge in [0.25, 0.3) is 0 Å². The number of hydroxylamine groups is 1. The maximum absolute atomic E-state index is 8.26. The van der Waals surface area contributed by atoms with E-state index in [4.69, 9.17) is 5.21 Å². The Morgan fingerprint density at radius 3 is 2.62 bits per heavy atom.